The van der Waals surface area contributed by atoms with Gasteiger partial charge in [0.2, 0.25) is 11.8 Å². The van der Waals surface area contributed by atoms with Crippen molar-refractivity contribution in [1.82, 2.24) is 10.2 Å². The summed E-state index contributed by atoms with van der Waals surface area (Å²) in [6.45, 7) is 1.73. The van der Waals surface area contributed by atoms with Crippen molar-refractivity contribution in [2.24, 2.45) is 0 Å². The van der Waals surface area contributed by atoms with Crippen molar-refractivity contribution in [1.29, 1.82) is 0 Å². The summed E-state index contributed by atoms with van der Waals surface area (Å²) in [7, 11) is -4.37. The van der Waals surface area contributed by atoms with Crippen LogP contribution in [0.4, 0.5) is 11.4 Å². The first-order chi connectivity index (χ1) is 22.1. The number of nitrogens with zero attached hydrogens (tertiary/aromatic N) is 3. The zero-order valence-electron chi connectivity index (χ0n) is 25.3. The number of non-ortho nitro benzene ring substituents is 1. The van der Waals surface area contributed by atoms with Crippen LogP contribution >= 0.6 is 15.9 Å². The number of unbranched alkanes of at least 4 members (excludes halogenated alkanes) is 1. The molecule has 4 aromatic rings. The molecule has 0 heterocycles. The molecule has 10 nitrogen and oxygen atoms in total. The van der Waals surface area contributed by atoms with Crippen LogP contribution in [0, 0.1) is 10.1 Å². The summed E-state index contributed by atoms with van der Waals surface area (Å²) in [5.41, 5.74) is 1.16. The van der Waals surface area contributed by atoms with Crippen LogP contribution in [0.1, 0.15) is 30.9 Å². The molecule has 0 aliphatic carbocycles. The first kappa shape index (κ1) is 34.3. The van der Waals surface area contributed by atoms with Gasteiger partial charge in [0.05, 0.1) is 15.5 Å². The number of sulfonamides is 1. The maximum absolute atomic E-state index is 14.5. The summed E-state index contributed by atoms with van der Waals surface area (Å²) >= 11 is 3.42. The van der Waals surface area contributed by atoms with E-state index in [1.807, 2.05) is 61.5 Å². The molecule has 0 saturated heterocycles. The van der Waals surface area contributed by atoms with E-state index in [-0.39, 0.29) is 35.1 Å². The van der Waals surface area contributed by atoms with Crippen LogP contribution < -0.4 is 9.62 Å². The van der Waals surface area contributed by atoms with Crippen molar-refractivity contribution in [3.8, 4) is 0 Å². The van der Waals surface area contributed by atoms with Gasteiger partial charge < -0.3 is 10.2 Å². The molecule has 0 bridgehead atoms. The largest absolute Gasteiger partial charge is 0.354 e. The van der Waals surface area contributed by atoms with Crippen molar-refractivity contribution in [2.45, 2.75) is 43.7 Å². The number of amides is 2. The van der Waals surface area contributed by atoms with E-state index in [2.05, 4.69) is 21.2 Å². The minimum Gasteiger partial charge on any atom is -0.354 e. The van der Waals surface area contributed by atoms with Gasteiger partial charge in [0.15, 0.2) is 0 Å². The van der Waals surface area contributed by atoms with E-state index in [1.54, 1.807) is 18.2 Å². The number of rotatable bonds is 15. The molecule has 0 radical (unpaired) electrons. The monoisotopic (exact) mass is 706 g/mol. The Hall–Kier alpha value is -4.55. The Morgan fingerprint density at radius 1 is 0.891 bits per heavy atom. The third-order valence-corrected chi connectivity index (χ3v) is 9.62. The Balaban J connectivity index is 1.81. The number of nitro benzene ring substituents is 1. The van der Waals surface area contributed by atoms with Crippen LogP contribution in [0.2, 0.25) is 0 Å². The van der Waals surface area contributed by atoms with Gasteiger partial charge in [0.1, 0.15) is 12.6 Å². The highest BCUT2D eigenvalue weighted by Gasteiger charge is 2.35. The van der Waals surface area contributed by atoms with Gasteiger partial charge in [-0.25, -0.2) is 8.42 Å². The molecule has 0 fully saturated rings. The lowest BCUT2D eigenvalue weighted by atomic mass is 10.0. The predicted octanol–water partition coefficient (Wildman–Crippen LogP) is 6.11. The molecule has 1 atom stereocenters. The fraction of sp³-hybridized carbons (Fsp3) is 0.235. The Kier molecular flexibility index (Phi) is 12.0. The van der Waals surface area contributed by atoms with Crippen molar-refractivity contribution in [3.05, 3.63) is 135 Å². The number of nitro groups is 1. The fourth-order valence-electron chi connectivity index (χ4n) is 4.86. The summed E-state index contributed by atoms with van der Waals surface area (Å²) in [5, 5.41) is 14.6. The molecule has 46 heavy (non-hydrogen) atoms. The molecule has 0 aliphatic heterocycles. The molecule has 0 spiro atoms. The Bertz CT molecular complexity index is 1740. The van der Waals surface area contributed by atoms with Gasteiger partial charge in [-0.1, -0.05) is 96.0 Å². The fourth-order valence-corrected chi connectivity index (χ4v) is 6.55. The molecule has 2 amide bonds. The van der Waals surface area contributed by atoms with Crippen LogP contribution in [-0.4, -0.2) is 49.2 Å². The van der Waals surface area contributed by atoms with Crippen LogP contribution in [0.25, 0.3) is 0 Å². The van der Waals surface area contributed by atoms with E-state index >= 15 is 0 Å². The molecule has 4 rings (SSSR count). The number of halogens is 1. The SMILES string of the molecule is CCCCNC(=O)[C@@H](Cc1ccccc1)N(Cc1ccc(Br)cc1)C(=O)CN(c1cccc([N+](=O)[O-])c1)S(=O)(=O)c1ccccc1. The van der Waals surface area contributed by atoms with Crippen LogP contribution in [0.5, 0.6) is 0 Å². The lowest BCUT2D eigenvalue weighted by Gasteiger charge is -2.34. The van der Waals surface area contributed by atoms with E-state index in [4.69, 9.17) is 0 Å². The Labute approximate surface area is 277 Å². The standard InChI is InChI=1S/C34H35BrN4O6S/c1-2-3-21-36-34(41)32(22-26-11-6-4-7-12-26)37(24-27-17-19-28(35)20-18-27)33(40)25-38(29-13-10-14-30(23-29)39(42)43)46(44,45)31-15-8-5-9-16-31/h4-20,23,32H,2-3,21-22,24-25H2,1H3,(H,36,41)/t32-/m1/s1. The summed E-state index contributed by atoms with van der Waals surface area (Å²) < 4.78 is 29.8. The number of hydrogen-bond donors (Lipinski definition) is 1. The van der Waals surface area contributed by atoms with Gasteiger partial charge in [0, 0.05) is 36.1 Å². The summed E-state index contributed by atoms with van der Waals surface area (Å²) in [6.07, 6.45) is 1.80. The van der Waals surface area contributed by atoms with E-state index in [9.17, 15) is 28.1 Å². The molecule has 0 saturated carbocycles. The topological polar surface area (TPSA) is 130 Å². The third-order valence-electron chi connectivity index (χ3n) is 7.31. The smallest absolute Gasteiger partial charge is 0.271 e. The molecular weight excluding hydrogens is 672 g/mol. The molecule has 4 aromatic carbocycles. The van der Waals surface area contributed by atoms with Crippen molar-refractivity contribution in [2.75, 3.05) is 17.4 Å². The van der Waals surface area contributed by atoms with Crippen LogP contribution in [-0.2, 0) is 32.6 Å². The second-order valence-corrected chi connectivity index (χ2v) is 13.4. The van der Waals surface area contributed by atoms with Crippen molar-refractivity contribution >= 4 is 49.1 Å². The lowest BCUT2D eigenvalue weighted by Crippen LogP contribution is -2.53. The number of anilines is 1. The van der Waals surface area contributed by atoms with E-state index in [0.717, 1.165) is 38.8 Å². The predicted molar refractivity (Wildman–Crippen MR) is 181 cm³/mol. The molecule has 240 valence electrons. The van der Waals surface area contributed by atoms with Crippen LogP contribution in [0.3, 0.4) is 0 Å². The number of hydrogen-bond acceptors (Lipinski definition) is 6. The lowest BCUT2D eigenvalue weighted by molar-refractivity contribution is -0.384. The number of nitrogens with one attached hydrogen (secondary N) is 1. The van der Waals surface area contributed by atoms with E-state index in [1.165, 1.54) is 35.2 Å². The first-order valence-electron chi connectivity index (χ1n) is 14.8. The normalized spacial score (nSPS) is 11.8. The minimum absolute atomic E-state index is 0.0129. The maximum atomic E-state index is 14.5. The maximum Gasteiger partial charge on any atom is 0.271 e. The summed E-state index contributed by atoms with van der Waals surface area (Å²) in [6, 6.07) is 28.2. The molecule has 1 N–H and O–H groups in total. The summed E-state index contributed by atoms with van der Waals surface area (Å²) in [5.74, 6) is -1.02. The second-order valence-electron chi connectivity index (χ2n) is 10.6. The van der Waals surface area contributed by atoms with Crippen LogP contribution in [0.15, 0.2) is 119 Å². The van der Waals surface area contributed by atoms with Crippen molar-refractivity contribution in [3.63, 3.8) is 0 Å². The molecule has 0 aliphatic rings. The molecular formula is C34H35BrN4O6S. The average molecular weight is 708 g/mol. The van der Waals surface area contributed by atoms with Gasteiger partial charge in [0.25, 0.3) is 15.7 Å². The van der Waals surface area contributed by atoms with Gasteiger partial charge in [-0.15, -0.1) is 0 Å². The number of carbonyl (C=O) groups is 2. The molecule has 12 heteroatoms. The van der Waals surface area contributed by atoms with E-state index < -0.39 is 33.4 Å². The highest BCUT2D eigenvalue weighted by atomic mass is 79.9. The third kappa shape index (κ3) is 9.01. The van der Waals surface area contributed by atoms with Gasteiger partial charge in [-0.2, -0.15) is 0 Å². The minimum atomic E-state index is -4.37. The molecule has 0 unspecified atom stereocenters. The molecule has 0 aromatic heterocycles. The summed E-state index contributed by atoms with van der Waals surface area (Å²) in [4.78, 5) is 40.5. The number of carbonyl (C=O) groups excluding carboxylic acids is 2. The second kappa shape index (κ2) is 16.1. The average Bonchev–Trinajstić information content (AvgIpc) is 3.06. The number of benzene rings is 4. The highest BCUT2D eigenvalue weighted by Crippen LogP contribution is 2.28. The van der Waals surface area contributed by atoms with Gasteiger partial charge >= 0.3 is 0 Å². The Morgan fingerprint density at radius 3 is 2.17 bits per heavy atom. The van der Waals surface area contributed by atoms with Crippen molar-refractivity contribution < 1.29 is 22.9 Å². The van der Waals surface area contributed by atoms with Gasteiger partial charge in [-0.05, 0) is 47.9 Å². The first-order valence-corrected chi connectivity index (χ1v) is 17.0. The highest BCUT2D eigenvalue weighted by molar-refractivity contribution is 9.10. The zero-order chi connectivity index (χ0) is 33.1. The van der Waals surface area contributed by atoms with Gasteiger partial charge in [-0.3, -0.25) is 24.0 Å². The zero-order valence-corrected chi connectivity index (χ0v) is 27.7. The quantitative estimate of drug-likeness (QED) is 0.0902. The van der Waals surface area contributed by atoms with E-state index in [0.29, 0.717) is 6.54 Å². The Morgan fingerprint density at radius 2 is 1.54 bits per heavy atom.